The van der Waals surface area contributed by atoms with Crippen molar-refractivity contribution in [1.29, 1.82) is 0 Å². The number of rotatable bonds is 3. The predicted octanol–water partition coefficient (Wildman–Crippen LogP) is 3.12. The molecule has 0 spiro atoms. The lowest BCUT2D eigenvalue weighted by Gasteiger charge is -2.35. The molecule has 2 atom stereocenters. The van der Waals surface area contributed by atoms with Crippen LogP contribution in [0, 0.1) is 11.7 Å². The summed E-state index contributed by atoms with van der Waals surface area (Å²) in [5.74, 6) is -1.00. The normalized spacial score (nSPS) is 20.4. The van der Waals surface area contributed by atoms with Gasteiger partial charge in [0.2, 0.25) is 11.8 Å². The summed E-state index contributed by atoms with van der Waals surface area (Å²) in [5, 5.41) is 2.79. The number of nitrogens with one attached hydrogen (secondary N) is 1. The predicted molar refractivity (Wildman–Crippen MR) is 82.8 cm³/mol. The van der Waals surface area contributed by atoms with Crippen molar-refractivity contribution in [3.8, 4) is 0 Å². The number of hydrogen-bond acceptors (Lipinski definition) is 2. The maximum absolute atomic E-state index is 13.3. The van der Waals surface area contributed by atoms with E-state index in [1.165, 1.54) is 11.0 Å². The van der Waals surface area contributed by atoms with Crippen LogP contribution in [0.5, 0.6) is 0 Å². The van der Waals surface area contributed by atoms with Gasteiger partial charge >= 0.3 is 0 Å². The highest BCUT2D eigenvalue weighted by atomic mass is 79.9. The molecule has 2 unspecified atom stereocenters. The molecule has 0 bridgehead atoms. The minimum Gasteiger partial charge on any atom is -0.342 e. The van der Waals surface area contributed by atoms with Crippen LogP contribution in [0.1, 0.15) is 20.3 Å². The molecule has 1 aliphatic heterocycles. The van der Waals surface area contributed by atoms with Crippen LogP contribution < -0.4 is 10.2 Å². The third kappa shape index (κ3) is 3.21. The fourth-order valence-electron chi connectivity index (χ4n) is 2.27. The van der Waals surface area contributed by atoms with E-state index in [9.17, 15) is 14.0 Å². The number of carbonyl (C=O) groups is 2. The molecule has 0 aliphatic carbocycles. The number of hydrogen-bond donors (Lipinski definition) is 1. The number of amides is 2. The number of halogens is 3. The summed E-state index contributed by atoms with van der Waals surface area (Å²) >= 11 is 9.25. The SMILES string of the molecule is CCC(C)C1NC(=O)CN(c2c(Cl)cc(F)cc2Br)C1=O. The van der Waals surface area contributed by atoms with Gasteiger partial charge in [-0.2, -0.15) is 0 Å². The first-order chi connectivity index (χ1) is 9.85. The Hall–Kier alpha value is -1.14. The zero-order valence-corrected chi connectivity index (χ0v) is 14.0. The van der Waals surface area contributed by atoms with Gasteiger partial charge in [0.1, 0.15) is 18.4 Å². The number of piperazine rings is 1. The summed E-state index contributed by atoms with van der Waals surface area (Å²) in [6.07, 6.45) is 0.753. The van der Waals surface area contributed by atoms with E-state index in [2.05, 4.69) is 21.2 Å². The van der Waals surface area contributed by atoms with Crippen molar-refractivity contribution < 1.29 is 14.0 Å². The molecule has 4 nitrogen and oxygen atoms in total. The monoisotopic (exact) mass is 376 g/mol. The third-order valence-electron chi connectivity index (χ3n) is 3.61. The average molecular weight is 378 g/mol. The number of carbonyl (C=O) groups excluding carboxylic acids is 2. The second kappa shape index (κ2) is 6.32. The summed E-state index contributed by atoms with van der Waals surface area (Å²) in [4.78, 5) is 25.8. The van der Waals surface area contributed by atoms with Gasteiger partial charge in [0.05, 0.1) is 10.7 Å². The Kier molecular flexibility index (Phi) is 4.88. The molecule has 1 aromatic rings. The van der Waals surface area contributed by atoms with Crippen LogP contribution in [-0.2, 0) is 9.59 Å². The highest BCUT2D eigenvalue weighted by Gasteiger charge is 2.37. The summed E-state index contributed by atoms with van der Waals surface area (Å²) < 4.78 is 13.7. The van der Waals surface area contributed by atoms with Gasteiger partial charge in [0.25, 0.3) is 0 Å². The van der Waals surface area contributed by atoms with E-state index in [0.29, 0.717) is 10.2 Å². The molecule has 1 fully saturated rings. The summed E-state index contributed by atoms with van der Waals surface area (Å²) in [5.41, 5.74) is 0.325. The molecule has 7 heteroatoms. The van der Waals surface area contributed by atoms with E-state index in [-0.39, 0.29) is 29.3 Å². The zero-order chi connectivity index (χ0) is 15.7. The molecule has 114 valence electrons. The van der Waals surface area contributed by atoms with E-state index in [0.717, 1.165) is 12.5 Å². The molecule has 2 rings (SSSR count). The van der Waals surface area contributed by atoms with Gasteiger partial charge in [-0.25, -0.2) is 4.39 Å². The van der Waals surface area contributed by atoms with Gasteiger partial charge in [-0.3, -0.25) is 14.5 Å². The molecule has 1 aromatic carbocycles. The fourth-order valence-corrected chi connectivity index (χ4v) is 3.34. The minimum absolute atomic E-state index is 0.00208. The molecule has 0 radical (unpaired) electrons. The molecular weight excluding hydrogens is 363 g/mol. The first-order valence-electron chi connectivity index (χ1n) is 6.60. The number of benzene rings is 1. The van der Waals surface area contributed by atoms with Crippen molar-refractivity contribution in [2.75, 3.05) is 11.4 Å². The standard InChI is InChI=1S/C14H15BrClFN2O2/c1-3-7(2)12-14(21)19(6-11(20)18-12)13-9(15)4-8(17)5-10(13)16/h4-5,7,12H,3,6H2,1-2H3,(H,18,20). The van der Waals surface area contributed by atoms with Crippen molar-refractivity contribution in [2.45, 2.75) is 26.3 Å². The van der Waals surface area contributed by atoms with Gasteiger partial charge in [-0.1, -0.05) is 31.9 Å². The number of nitrogens with zero attached hydrogens (tertiary/aromatic N) is 1. The Morgan fingerprint density at radius 1 is 1.52 bits per heavy atom. The Labute approximate surface area is 135 Å². The van der Waals surface area contributed by atoms with Crippen LogP contribution in [0.15, 0.2) is 16.6 Å². The van der Waals surface area contributed by atoms with E-state index >= 15 is 0 Å². The van der Waals surface area contributed by atoms with E-state index in [4.69, 9.17) is 11.6 Å². The molecule has 2 amide bonds. The van der Waals surface area contributed by atoms with Crippen LogP contribution in [0.25, 0.3) is 0 Å². The van der Waals surface area contributed by atoms with Crippen LogP contribution in [0.2, 0.25) is 5.02 Å². The molecule has 1 heterocycles. The fraction of sp³-hybridized carbons (Fsp3) is 0.429. The van der Waals surface area contributed by atoms with Crippen LogP contribution in [-0.4, -0.2) is 24.4 Å². The minimum atomic E-state index is -0.593. The van der Waals surface area contributed by atoms with E-state index < -0.39 is 11.9 Å². The van der Waals surface area contributed by atoms with Crippen molar-refractivity contribution in [1.82, 2.24) is 5.32 Å². The second-order valence-corrected chi connectivity index (χ2v) is 6.33. The lowest BCUT2D eigenvalue weighted by molar-refractivity contribution is -0.132. The first kappa shape index (κ1) is 16.2. The molecule has 1 aliphatic rings. The van der Waals surface area contributed by atoms with Crippen LogP contribution >= 0.6 is 27.5 Å². The molecule has 1 saturated heterocycles. The largest absolute Gasteiger partial charge is 0.342 e. The zero-order valence-electron chi connectivity index (χ0n) is 11.6. The maximum atomic E-state index is 13.3. The van der Waals surface area contributed by atoms with Crippen molar-refractivity contribution in [2.24, 2.45) is 5.92 Å². The van der Waals surface area contributed by atoms with Gasteiger partial charge in [0.15, 0.2) is 0 Å². The smallest absolute Gasteiger partial charge is 0.250 e. The molecule has 0 saturated carbocycles. The second-order valence-electron chi connectivity index (χ2n) is 5.07. The summed E-state index contributed by atoms with van der Waals surface area (Å²) in [6.45, 7) is 3.72. The highest BCUT2D eigenvalue weighted by molar-refractivity contribution is 9.10. The molecular formula is C14H15BrClFN2O2. The Bertz CT molecular complexity index is 573. The Balaban J connectivity index is 2.43. The van der Waals surface area contributed by atoms with Gasteiger partial charge in [0, 0.05) is 4.47 Å². The van der Waals surface area contributed by atoms with Crippen molar-refractivity contribution in [3.63, 3.8) is 0 Å². The Morgan fingerprint density at radius 2 is 2.19 bits per heavy atom. The quantitative estimate of drug-likeness (QED) is 0.880. The lowest BCUT2D eigenvalue weighted by Crippen LogP contribution is -2.60. The summed E-state index contributed by atoms with van der Waals surface area (Å²) in [7, 11) is 0. The number of anilines is 1. The van der Waals surface area contributed by atoms with Crippen molar-refractivity contribution >= 4 is 45.0 Å². The van der Waals surface area contributed by atoms with Gasteiger partial charge in [-0.05, 0) is 34.0 Å². The molecule has 1 N–H and O–H groups in total. The average Bonchev–Trinajstić information content (AvgIpc) is 2.40. The van der Waals surface area contributed by atoms with Gasteiger partial charge in [-0.15, -0.1) is 0 Å². The molecule has 21 heavy (non-hydrogen) atoms. The first-order valence-corrected chi connectivity index (χ1v) is 7.77. The van der Waals surface area contributed by atoms with Gasteiger partial charge < -0.3 is 5.32 Å². The third-order valence-corrected chi connectivity index (χ3v) is 4.51. The van der Waals surface area contributed by atoms with Crippen molar-refractivity contribution in [3.05, 3.63) is 27.4 Å². The van der Waals surface area contributed by atoms with Crippen LogP contribution in [0.3, 0.4) is 0 Å². The molecule has 0 aromatic heterocycles. The highest BCUT2D eigenvalue weighted by Crippen LogP contribution is 2.36. The van der Waals surface area contributed by atoms with Crippen LogP contribution in [0.4, 0.5) is 10.1 Å². The van der Waals surface area contributed by atoms with E-state index in [1.54, 1.807) is 0 Å². The Morgan fingerprint density at radius 3 is 2.76 bits per heavy atom. The van der Waals surface area contributed by atoms with E-state index in [1.807, 2.05) is 13.8 Å². The lowest BCUT2D eigenvalue weighted by atomic mass is 9.96. The maximum Gasteiger partial charge on any atom is 0.250 e. The topological polar surface area (TPSA) is 49.4 Å². The summed E-state index contributed by atoms with van der Waals surface area (Å²) in [6, 6.07) is 1.75.